The molecular formula is C11H16O4. The second kappa shape index (κ2) is 4.64. The fraction of sp³-hybridized carbons (Fsp3) is 0.818. The first-order valence-corrected chi connectivity index (χ1v) is 5.65. The Morgan fingerprint density at radius 3 is 2.67 bits per heavy atom. The van der Waals surface area contributed by atoms with E-state index in [1.165, 1.54) is 0 Å². The minimum Gasteiger partial charge on any atom is -0.462 e. The highest BCUT2D eigenvalue weighted by Crippen LogP contribution is 2.23. The van der Waals surface area contributed by atoms with Gasteiger partial charge in [-0.3, -0.25) is 4.79 Å². The molecular weight excluding hydrogens is 196 g/mol. The van der Waals surface area contributed by atoms with Crippen molar-refractivity contribution in [3.8, 4) is 0 Å². The molecule has 0 radical (unpaired) electrons. The fourth-order valence-corrected chi connectivity index (χ4v) is 1.96. The van der Waals surface area contributed by atoms with Crippen LogP contribution in [0.25, 0.3) is 0 Å². The first kappa shape index (κ1) is 10.5. The second-order valence-electron chi connectivity index (χ2n) is 4.21. The second-order valence-corrected chi connectivity index (χ2v) is 4.21. The highest BCUT2D eigenvalue weighted by molar-refractivity contribution is 5.87. The van der Waals surface area contributed by atoms with Crippen LogP contribution in [0.5, 0.6) is 0 Å². The Morgan fingerprint density at radius 2 is 1.93 bits per heavy atom. The van der Waals surface area contributed by atoms with Gasteiger partial charge in [0.25, 0.3) is 0 Å². The molecule has 4 heteroatoms. The zero-order valence-electron chi connectivity index (χ0n) is 8.74. The first-order chi connectivity index (χ1) is 7.25. The van der Waals surface area contributed by atoms with Crippen LogP contribution in [0.2, 0.25) is 0 Å². The van der Waals surface area contributed by atoms with E-state index in [1.54, 1.807) is 0 Å². The van der Waals surface area contributed by atoms with Crippen molar-refractivity contribution in [1.29, 1.82) is 0 Å². The van der Waals surface area contributed by atoms with Gasteiger partial charge in [-0.05, 0) is 38.5 Å². The Balaban J connectivity index is 1.64. The van der Waals surface area contributed by atoms with Crippen LogP contribution in [0.4, 0.5) is 0 Å². The summed E-state index contributed by atoms with van der Waals surface area (Å²) < 4.78 is 9.98. The van der Waals surface area contributed by atoms with Gasteiger partial charge in [-0.1, -0.05) is 0 Å². The number of carbonyl (C=O) groups is 2. The number of cyclic esters (lactones) is 2. The summed E-state index contributed by atoms with van der Waals surface area (Å²) in [6.45, 7) is 0. The Morgan fingerprint density at radius 1 is 1.13 bits per heavy atom. The predicted octanol–water partition coefficient (Wildman–Crippen LogP) is 1.57. The molecule has 2 atom stereocenters. The monoisotopic (exact) mass is 212 g/mol. The number of carbonyl (C=O) groups excluding carboxylic acids is 2. The minimum absolute atomic E-state index is 0.0638. The Hall–Kier alpha value is -1.06. The summed E-state index contributed by atoms with van der Waals surface area (Å²) in [7, 11) is 0. The topological polar surface area (TPSA) is 55.9 Å². The quantitative estimate of drug-likeness (QED) is 0.524. The van der Waals surface area contributed by atoms with E-state index in [0.717, 1.165) is 38.5 Å². The molecule has 2 saturated heterocycles. The molecule has 2 fully saturated rings. The molecule has 0 aromatic heterocycles. The molecule has 2 aliphatic rings. The van der Waals surface area contributed by atoms with Crippen LogP contribution in [-0.2, 0) is 19.1 Å². The molecule has 2 heterocycles. The summed E-state index contributed by atoms with van der Waals surface area (Å²) in [5.41, 5.74) is 0. The van der Waals surface area contributed by atoms with E-state index >= 15 is 0 Å². The smallest absolute Gasteiger partial charge is 0.348 e. The van der Waals surface area contributed by atoms with Crippen LogP contribution in [0.1, 0.15) is 44.9 Å². The van der Waals surface area contributed by atoms with Gasteiger partial charge in [-0.25, -0.2) is 4.79 Å². The normalized spacial score (nSPS) is 30.4. The maximum Gasteiger partial charge on any atom is 0.348 e. The fourth-order valence-electron chi connectivity index (χ4n) is 1.96. The molecule has 2 aliphatic heterocycles. The Kier molecular flexibility index (Phi) is 3.23. The van der Waals surface area contributed by atoms with Gasteiger partial charge in [0.1, 0.15) is 6.10 Å². The summed E-state index contributed by atoms with van der Waals surface area (Å²) in [5.74, 6) is -0.163. The lowest BCUT2D eigenvalue weighted by molar-refractivity contribution is -0.148. The Labute approximate surface area is 88.9 Å². The predicted molar refractivity (Wildman–Crippen MR) is 52.1 cm³/mol. The van der Waals surface area contributed by atoms with Gasteiger partial charge in [0.2, 0.25) is 0 Å². The van der Waals surface area contributed by atoms with Crippen LogP contribution in [0.3, 0.4) is 0 Å². The average Bonchev–Trinajstić information content (AvgIpc) is 2.92. The number of hydrogen-bond donors (Lipinski definition) is 0. The molecule has 0 amide bonds. The molecule has 0 aromatic rings. The van der Waals surface area contributed by atoms with Crippen molar-refractivity contribution >= 4 is 11.9 Å². The van der Waals surface area contributed by atoms with Crippen molar-refractivity contribution in [3.05, 3.63) is 0 Å². The van der Waals surface area contributed by atoms with E-state index < -0.39 is 0 Å². The highest BCUT2D eigenvalue weighted by atomic mass is 16.6. The standard InChI is InChI=1S/C11H16O4/c12-10-7-2-1-4-8(14-10)5-3-6-9-11(13)15-9/h8-9H,1-7H2. The third-order valence-electron chi connectivity index (χ3n) is 2.91. The largest absolute Gasteiger partial charge is 0.462 e. The highest BCUT2D eigenvalue weighted by Gasteiger charge is 2.37. The van der Waals surface area contributed by atoms with Gasteiger partial charge in [-0.15, -0.1) is 0 Å². The van der Waals surface area contributed by atoms with E-state index in [9.17, 15) is 9.59 Å². The lowest BCUT2D eigenvalue weighted by atomic mass is 10.1. The average molecular weight is 212 g/mol. The molecule has 2 rings (SSSR count). The van der Waals surface area contributed by atoms with E-state index in [0.29, 0.717) is 6.42 Å². The van der Waals surface area contributed by atoms with Crippen LogP contribution in [-0.4, -0.2) is 24.1 Å². The number of epoxide rings is 1. The van der Waals surface area contributed by atoms with E-state index in [4.69, 9.17) is 9.47 Å². The SMILES string of the molecule is O=C1CCCCC(CCCC2OC2=O)O1. The van der Waals surface area contributed by atoms with Gasteiger partial charge in [0, 0.05) is 6.42 Å². The number of rotatable bonds is 4. The van der Waals surface area contributed by atoms with Gasteiger partial charge in [-0.2, -0.15) is 0 Å². The molecule has 84 valence electrons. The van der Waals surface area contributed by atoms with Gasteiger partial charge in [0.15, 0.2) is 6.10 Å². The van der Waals surface area contributed by atoms with Crippen molar-refractivity contribution < 1.29 is 19.1 Å². The molecule has 0 N–H and O–H groups in total. The zero-order valence-corrected chi connectivity index (χ0v) is 8.74. The summed E-state index contributed by atoms with van der Waals surface area (Å²) in [5, 5.41) is 0. The van der Waals surface area contributed by atoms with Crippen molar-refractivity contribution in [2.75, 3.05) is 0 Å². The van der Waals surface area contributed by atoms with Crippen molar-refractivity contribution in [1.82, 2.24) is 0 Å². The van der Waals surface area contributed by atoms with Crippen LogP contribution >= 0.6 is 0 Å². The maximum atomic E-state index is 11.2. The lowest BCUT2D eigenvalue weighted by Crippen LogP contribution is -2.15. The van der Waals surface area contributed by atoms with E-state index in [1.807, 2.05) is 0 Å². The van der Waals surface area contributed by atoms with E-state index in [-0.39, 0.29) is 24.1 Å². The number of esters is 1. The molecule has 0 spiro atoms. The van der Waals surface area contributed by atoms with Crippen molar-refractivity contribution in [2.45, 2.75) is 57.2 Å². The number of ether oxygens (including phenoxy) is 2. The lowest BCUT2D eigenvalue weighted by Gasteiger charge is -2.13. The van der Waals surface area contributed by atoms with Gasteiger partial charge < -0.3 is 9.47 Å². The summed E-state index contributed by atoms with van der Waals surface area (Å²) in [6, 6.07) is 0. The van der Waals surface area contributed by atoms with Crippen molar-refractivity contribution in [2.24, 2.45) is 0 Å². The zero-order chi connectivity index (χ0) is 10.7. The van der Waals surface area contributed by atoms with Crippen LogP contribution in [0.15, 0.2) is 0 Å². The molecule has 0 aromatic carbocycles. The third kappa shape index (κ3) is 3.22. The minimum atomic E-state index is -0.161. The van der Waals surface area contributed by atoms with E-state index in [2.05, 4.69) is 0 Å². The first-order valence-electron chi connectivity index (χ1n) is 5.65. The van der Waals surface area contributed by atoms with Crippen LogP contribution in [0, 0.1) is 0 Å². The number of hydrogen-bond acceptors (Lipinski definition) is 4. The summed E-state index contributed by atoms with van der Waals surface area (Å²) in [6.07, 6.45) is 5.96. The molecule has 15 heavy (non-hydrogen) atoms. The van der Waals surface area contributed by atoms with Gasteiger partial charge in [0.05, 0.1) is 0 Å². The maximum absolute atomic E-state index is 11.2. The molecule has 0 aliphatic carbocycles. The molecule has 0 bridgehead atoms. The molecule has 4 nitrogen and oxygen atoms in total. The summed E-state index contributed by atoms with van der Waals surface area (Å²) >= 11 is 0. The third-order valence-corrected chi connectivity index (χ3v) is 2.91. The molecule has 0 saturated carbocycles. The van der Waals surface area contributed by atoms with Crippen molar-refractivity contribution in [3.63, 3.8) is 0 Å². The summed E-state index contributed by atoms with van der Waals surface area (Å²) in [4.78, 5) is 21.7. The Bertz CT molecular complexity index is 261. The van der Waals surface area contributed by atoms with Crippen LogP contribution < -0.4 is 0 Å². The van der Waals surface area contributed by atoms with Gasteiger partial charge >= 0.3 is 11.9 Å². The molecule has 2 unspecified atom stereocenters.